The minimum atomic E-state index is 0.446. The van der Waals surface area contributed by atoms with Crippen LogP contribution in [-0.4, -0.2) is 93.0 Å². The van der Waals surface area contributed by atoms with Crippen molar-refractivity contribution in [3.05, 3.63) is 0 Å². The van der Waals surface area contributed by atoms with Crippen LogP contribution in [0.1, 0.15) is 128 Å². The van der Waals surface area contributed by atoms with Crippen molar-refractivity contribution in [1.82, 2.24) is 0 Å². The van der Waals surface area contributed by atoms with Crippen molar-refractivity contribution in [2.75, 3.05) is 68.5 Å². The van der Waals surface area contributed by atoms with Gasteiger partial charge in [0.25, 0.3) is 0 Å². The lowest BCUT2D eigenvalue weighted by Crippen LogP contribution is -2.68. The Balaban J connectivity index is -0.000000402. The zero-order chi connectivity index (χ0) is 28.6. The average molecular weight is 503 g/mol. The minimum absolute atomic E-state index is 0.446. The number of hydrogen-bond acceptors (Lipinski definition) is 0. The topological polar surface area (TPSA) is 0 Å². The van der Waals surface area contributed by atoms with E-state index in [1.165, 1.54) is 86.5 Å². The molecule has 0 bridgehead atoms. The first-order valence-electron chi connectivity index (χ1n) is 15.5. The fourth-order valence-corrected chi connectivity index (χ4v) is 5.10. The number of likely N-dealkylation sites (tertiary alicyclic amines) is 3. The van der Waals surface area contributed by atoms with Crippen molar-refractivity contribution in [1.29, 1.82) is 0 Å². The number of rotatable bonds is 0. The van der Waals surface area contributed by atoms with E-state index in [2.05, 4.69) is 76.9 Å². The van der Waals surface area contributed by atoms with Gasteiger partial charge in [-0.05, 0) is 72.1 Å². The van der Waals surface area contributed by atoms with E-state index in [1.54, 1.807) is 0 Å². The molecule has 0 saturated carbocycles. The van der Waals surface area contributed by atoms with E-state index in [1.807, 2.05) is 41.5 Å². The molecule has 0 aromatic rings. The van der Waals surface area contributed by atoms with Crippen LogP contribution in [0, 0.1) is 5.92 Å². The van der Waals surface area contributed by atoms with E-state index < -0.39 is 0 Å². The Kier molecular flexibility index (Phi) is 20.5. The monoisotopic (exact) mass is 503 g/mol. The number of nitrogens with zero attached hydrogens (tertiary/aromatic N) is 3. The molecule has 35 heavy (non-hydrogen) atoms. The summed E-state index contributed by atoms with van der Waals surface area (Å²) in [6.45, 7) is 29.5. The summed E-state index contributed by atoms with van der Waals surface area (Å²) in [4.78, 5) is 0. The minimum Gasteiger partial charge on any atom is -0.328 e. The summed E-state index contributed by atoms with van der Waals surface area (Å²) >= 11 is 0. The first-order valence-corrected chi connectivity index (χ1v) is 15.5. The molecule has 0 unspecified atom stereocenters. The predicted octanol–water partition coefficient (Wildman–Crippen LogP) is 8.62. The molecule has 3 nitrogen and oxygen atoms in total. The lowest BCUT2D eigenvalue weighted by molar-refractivity contribution is -0.987. The molecule has 3 rings (SSSR count). The van der Waals surface area contributed by atoms with Crippen LogP contribution in [0.5, 0.6) is 0 Å². The van der Waals surface area contributed by atoms with Gasteiger partial charge in [0.2, 0.25) is 0 Å². The summed E-state index contributed by atoms with van der Waals surface area (Å²) in [5.74, 6) is 0.983. The van der Waals surface area contributed by atoms with Crippen LogP contribution in [0.2, 0.25) is 0 Å². The fraction of sp³-hybridized carbons (Fsp3) is 1.00. The molecule has 3 fully saturated rings. The van der Waals surface area contributed by atoms with E-state index >= 15 is 0 Å². The van der Waals surface area contributed by atoms with Crippen molar-refractivity contribution >= 4 is 0 Å². The number of quaternary nitrogens is 3. The largest absolute Gasteiger partial charge is 0.328 e. The highest BCUT2D eigenvalue weighted by Gasteiger charge is 2.50. The Morgan fingerprint density at radius 1 is 0.486 bits per heavy atom. The van der Waals surface area contributed by atoms with Crippen molar-refractivity contribution in [3.63, 3.8) is 0 Å². The summed E-state index contributed by atoms with van der Waals surface area (Å²) in [5.41, 5.74) is 0.892. The van der Waals surface area contributed by atoms with Gasteiger partial charge in [0.15, 0.2) is 0 Å². The maximum atomic E-state index is 2.40. The fourth-order valence-electron chi connectivity index (χ4n) is 5.10. The van der Waals surface area contributed by atoms with Crippen molar-refractivity contribution in [2.24, 2.45) is 5.92 Å². The first-order chi connectivity index (χ1) is 16.0. The molecule has 0 aromatic heterocycles. The molecule has 0 N–H and O–H groups in total. The van der Waals surface area contributed by atoms with Gasteiger partial charge in [-0.15, -0.1) is 0 Å². The third-order valence-electron chi connectivity index (χ3n) is 9.09. The molecule has 3 aliphatic rings. The summed E-state index contributed by atoms with van der Waals surface area (Å²) in [5, 5.41) is 0. The highest BCUT2D eigenvalue weighted by Crippen LogP contribution is 2.42. The number of hydrogen-bond donors (Lipinski definition) is 0. The summed E-state index contributed by atoms with van der Waals surface area (Å²) in [6, 6.07) is 0. The van der Waals surface area contributed by atoms with Gasteiger partial charge in [0.05, 0.1) is 79.5 Å². The normalized spacial score (nSPS) is 24.9. The molecule has 0 aromatic carbocycles. The Morgan fingerprint density at radius 2 is 0.800 bits per heavy atom. The summed E-state index contributed by atoms with van der Waals surface area (Å²) in [7, 11) is 14.0. The maximum absolute atomic E-state index is 2.40. The van der Waals surface area contributed by atoms with Gasteiger partial charge >= 0.3 is 0 Å². The van der Waals surface area contributed by atoms with Crippen LogP contribution in [0.25, 0.3) is 0 Å². The molecule has 3 aliphatic heterocycles. The molecule has 3 saturated heterocycles. The second-order valence-electron chi connectivity index (χ2n) is 13.4. The Bertz CT molecular complexity index is 453. The molecular weight excluding hydrogens is 426 g/mol. The highest BCUT2D eigenvalue weighted by atomic mass is 15.4. The van der Waals surface area contributed by atoms with Gasteiger partial charge < -0.3 is 13.4 Å². The lowest BCUT2D eigenvalue weighted by Gasteiger charge is -2.58. The van der Waals surface area contributed by atoms with E-state index in [4.69, 9.17) is 0 Å². The molecule has 3 heterocycles. The second kappa shape index (κ2) is 18.2. The van der Waals surface area contributed by atoms with E-state index in [9.17, 15) is 0 Å². The molecule has 3 heteroatoms. The van der Waals surface area contributed by atoms with Gasteiger partial charge in [-0.25, -0.2) is 0 Å². The molecule has 0 atom stereocenters. The van der Waals surface area contributed by atoms with Gasteiger partial charge in [-0.3, -0.25) is 0 Å². The van der Waals surface area contributed by atoms with Crippen molar-refractivity contribution < 1.29 is 13.4 Å². The second-order valence-corrected chi connectivity index (χ2v) is 13.4. The maximum Gasteiger partial charge on any atom is 0.0935 e. The quantitative estimate of drug-likeness (QED) is 0.291. The van der Waals surface area contributed by atoms with Crippen molar-refractivity contribution in [2.45, 2.75) is 139 Å². The van der Waals surface area contributed by atoms with Crippen LogP contribution in [-0.2, 0) is 0 Å². The summed E-state index contributed by atoms with van der Waals surface area (Å²) in [6.07, 6.45) is 11.3. The van der Waals surface area contributed by atoms with Crippen LogP contribution in [0.4, 0.5) is 0 Å². The van der Waals surface area contributed by atoms with Crippen LogP contribution < -0.4 is 0 Å². The Hall–Kier alpha value is -0.120. The molecule has 216 valence electrons. The SMILES string of the molecule is CC.CC.CC.CC1(C)CCCC(C)(C)[N+]1(C)C.CC1CC[N+](C)(C)CC1.C[N+]1(C)CCCCC1. The van der Waals surface area contributed by atoms with Gasteiger partial charge in [0.1, 0.15) is 0 Å². The predicted molar refractivity (Wildman–Crippen MR) is 164 cm³/mol. The van der Waals surface area contributed by atoms with Crippen LogP contribution in [0.15, 0.2) is 0 Å². The molecular formula is C32H76N3+3. The first kappa shape index (κ1) is 39.4. The molecule has 0 aliphatic carbocycles. The van der Waals surface area contributed by atoms with E-state index in [0.29, 0.717) is 11.1 Å². The van der Waals surface area contributed by atoms with E-state index in [0.717, 1.165) is 10.4 Å². The Morgan fingerprint density at radius 3 is 1.03 bits per heavy atom. The smallest absolute Gasteiger partial charge is 0.0935 e. The standard InChI is InChI=1S/C11H24N.C8H18N.C7H16N.3C2H6/c1-10(2)8-7-9-11(3,4)12(10,5)6;1-8-4-6-9(2,3)7-5-8;1-8(2)6-4-3-5-7-8;3*1-2/h7-9H2,1-6H3;8H,4-7H2,1-3H3;3-7H2,1-2H3;3*1-2H3/q3*+1;;;. The van der Waals surface area contributed by atoms with Crippen LogP contribution in [0.3, 0.4) is 0 Å². The Labute approximate surface area is 226 Å². The van der Waals surface area contributed by atoms with Gasteiger partial charge in [-0.2, -0.15) is 0 Å². The van der Waals surface area contributed by atoms with Gasteiger partial charge in [0, 0.05) is 12.8 Å². The summed E-state index contributed by atoms with van der Waals surface area (Å²) < 4.78 is 3.64. The highest BCUT2D eigenvalue weighted by molar-refractivity contribution is 4.84. The van der Waals surface area contributed by atoms with Gasteiger partial charge in [-0.1, -0.05) is 48.5 Å². The zero-order valence-corrected chi connectivity index (χ0v) is 28.4. The molecule has 0 amide bonds. The third kappa shape index (κ3) is 15.0. The average Bonchev–Trinajstić information content (AvgIpc) is 2.79. The van der Waals surface area contributed by atoms with Crippen molar-refractivity contribution in [3.8, 4) is 0 Å². The third-order valence-corrected chi connectivity index (χ3v) is 9.09. The molecule has 0 spiro atoms. The number of piperidine rings is 3. The molecule has 0 radical (unpaired) electrons. The van der Waals surface area contributed by atoms with Crippen LogP contribution >= 0.6 is 0 Å². The zero-order valence-electron chi connectivity index (χ0n) is 28.4. The van der Waals surface area contributed by atoms with E-state index in [-0.39, 0.29) is 0 Å². The lowest BCUT2D eigenvalue weighted by atomic mass is 9.78.